The normalized spacial score (nSPS) is 4.57. The summed E-state index contributed by atoms with van der Waals surface area (Å²) in [6.45, 7) is 0. The molecule has 0 heterocycles. The van der Waals surface area contributed by atoms with Crippen LogP contribution in [0.25, 0.3) is 0 Å². The van der Waals surface area contributed by atoms with E-state index in [0.29, 0.717) is 0 Å². The summed E-state index contributed by atoms with van der Waals surface area (Å²) >= 11 is 0. The smallest absolute Gasteiger partial charge is 0.412 e. The maximum absolute atomic E-state index is 8.25. The maximum Gasteiger partial charge on any atom is 2.00 e. The van der Waals surface area contributed by atoms with Gasteiger partial charge in [-0.3, -0.25) is 0 Å². The van der Waals surface area contributed by atoms with Crippen LogP contribution >= 0.6 is 0 Å². The molecular formula is H6Cu2N4O15. The van der Waals surface area contributed by atoms with Crippen molar-refractivity contribution in [3.05, 3.63) is 61.3 Å². The minimum atomic E-state index is -1.75. The number of rotatable bonds is 0. The van der Waals surface area contributed by atoms with Gasteiger partial charge in [0, 0.05) is 0 Å². The van der Waals surface area contributed by atoms with E-state index in [2.05, 4.69) is 0 Å². The minimum Gasteiger partial charge on any atom is -0.412 e. The van der Waals surface area contributed by atoms with Crippen molar-refractivity contribution >= 4 is 0 Å². The second-order valence-corrected chi connectivity index (χ2v) is 0.894. The van der Waals surface area contributed by atoms with Crippen LogP contribution in [0.5, 0.6) is 0 Å². The topological polar surface area (TPSA) is 359 Å². The van der Waals surface area contributed by atoms with Gasteiger partial charge in [0.05, 0.1) is 20.3 Å². The van der Waals surface area contributed by atoms with Gasteiger partial charge in [0.1, 0.15) is 0 Å². The third-order valence-corrected chi connectivity index (χ3v) is 0. The Morgan fingerprint density at radius 2 is 0.381 bits per heavy atom. The van der Waals surface area contributed by atoms with Crippen molar-refractivity contribution in [1.82, 2.24) is 0 Å². The molecule has 0 rings (SSSR count). The number of hydrogen-bond acceptors (Lipinski definition) is 12. The molecule has 138 valence electrons. The molecule has 0 unspecified atom stereocenters. The van der Waals surface area contributed by atoms with Crippen LogP contribution in [-0.2, 0) is 34.1 Å². The Morgan fingerprint density at radius 3 is 0.381 bits per heavy atom. The Balaban J connectivity index is -0.0000000121. The average Bonchev–Trinajstić information content (AvgIpc) is 1.76. The first kappa shape index (κ1) is 62.2. The van der Waals surface area contributed by atoms with Crippen molar-refractivity contribution in [2.45, 2.75) is 0 Å². The predicted octanol–water partition coefficient (Wildman–Crippen LogP) is -3.44. The van der Waals surface area contributed by atoms with Crippen molar-refractivity contribution in [1.29, 1.82) is 0 Å². The van der Waals surface area contributed by atoms with E-state index in [1.165, 1.54) is 0 Å². The Morgan fingerprint density at radius 1 is 0.381 bits per heavy atom. The maximum atomic E-state index is 8.25. The zero-order valence-electron chi connectivity index (χ0n) is 8.79. The fourth-order valence-electron chi connectivity index (χ4n) is 0. The van der Waals surface area contributed by atoms with E-state index in [1.54, 1.807) is 0 Å². The van der Waals surface area contributed by atoms with Gasteiger partial charge in [0.15, 0.2) is 0 Å². The van der Waals surface area contributed by atoms with Crippen LogP contribution in [0.15, 0.2) is 0 Å². The Hall–Kier alpha value is -2.28. The molecule has 6 N–H and O–H groups in total. The molecule has 0 atom stereocenters. The molecule has 0 fully saturated rings. The standard InChI is InChI=1S/2Cu.4NO3.3H2O/c;;4*2-1(3)4;;;/h;;;;;;3*1H2/q2*+2;4*-1;;;. The van der Waals surface area contributed by atoms with Gasteiger partial charge in [-0.05, 0) is 0 Å². The Bertz CT molecular complexity index is 164. The number of nitrogens with zero attached hydrogens (tertiary/aromatic N) is 4. The molecule has 0 aliphatic heterocycles. The van der Waals surface area contributed by atoms with Crippen LogP contribution in [0.3, 0.4) is 0 Å². The Kier molecular flexibility index (Phi) is 155. The largest absolute Gasteiger partial charge is 2.00 e. The zero-order chi connectivity index (χ0) is 14.3. The molecule has 0 aromatic carbocycles. The third-order valence-electron chi connectivity index (χ3n) is 0. The molecule has 0 spiro atoms. The van der Waals surface area contributed by atoms with E-state index in [9.17, 15) is 0 Å². The van der Waals surface area contributed by atoms with Crippen molar-refractivity contribution in [2.24, 2.45) is 0 Å². The third kappa shape index (κ3) is 841. The van der Waals surface area contributed by atoms with Crippen LogP contribution in [0.1, 0.15) is 0 Å². The van der Waals surface area contributed by atoms with Crippen molar-refractivity contribution in [2.75, 3.05) is 0 Å². The summed E-state index contributed by atoms with van der Waals surface area (Å²) in [7, 11) is 0. The monoisotopic (exact) mass is 428 g/mol. The number of hydrogen-bond donors (Lipinski definition) is 0. The van der Waals surface area contributed by atoms with E-state index in [0.717, 1.165) is 0 Å². The quantitative estimate of drug-likeness (QED) is 0.206. The minimum absolute atomic E-state index is 0. The van der Waals surface area contributed by atoms with Gasteiger partial charge in [-0.2, -0.15) is 0 Å². The summed E-state index contributed by atoms with van der Waals surface area (Å²) in [4.78, 5) is 33.0. The fourth-order valence-corrected chi connectivity index (χ4v) is 0. The first-order chi connectivity index (χ1) is 6.93. The van der Waals surface area contributed by atoms with Crippen molar-refractivity contribution < 1.29 is 70.9 Å². The SMILES string of the molecule is O.O.O.O=[N+]([O-])[O-].O=[N+]([O-])[O-].O=[N+]([O-])[O-].O=[N+]([O-])[O-].[Cu+2].[Cu+2]. The summed E-state index contributed by atoms with van der Waals surface area (Å²) in [5.74, 6) is 0. The first-order valence-electron chi connectivity index (χ1n) is 2.19. The van der Waals surface area contributed by atoms with Crippen LogP contribution < -0.4 is 0 Å². The van der Waals surface area contributed by atoms with Crippen LogP contribution in [-0.4, -0.2) is 36.8 Å². The second-order valence-electron chi connectivity index (χ2n) is 0.894. The summed E-state index contributed by atoms with van der Waals surface area (Å²) < 4.78 is 0. The fraction of sp³-hybridized carbons (Fsp3) is 0. The molecule has 19 nitrogen and oxygen atoms in total. The van der Waals surface area contributed by atoms with Gasteiger partial charge in [0.2, 0.25) is 0 Å². The van der Waals surface area contributed by atoms with Gasteiger partial charge in [-0.1, -0.05) is 0 Å². The second kappa shape index (κ2) is 52.4. The first-order valence-corrected chi connectivity index (χ1v) is 2.19. The summed E-state index contributed by atoms with van der Waals surface area (Å²) in [6.07, 6.45) is 0. The molecule has 0 saturated heterocycles. The van der Waals surface area contributed by atoms with E-state index >= 15 is 0 Å². The summed E-state index contributed by atoms with van der Waals surface area (Å²) in [6, 6.07) is 0. The molecular weight excluding hydrogens is 423 g/mol. The van der Waals surface area contributed by atoms with E-state index < -0.39 is 20.3 Å². The molecule has 2 radical (unpaired) electrons. The molecule has 0 aliphatic rings. The van der Waals surface area contributed by atoms with Gasteiger partial charge < -0.3 is 77.7 Å². The molecule has 21 heavy (non-hydrogen) atoms. The Labute approximate surface area is 133 Å². The molecule has 0 bridgehead atoms. The predicted molar refractivity (Wildman–Crippen MR) is 52.3 cm³/mol. The molecule has 0 aromatic heterocycles. The van der Waals surface area contributed by atoms with Gasteiger partial charge in [-0.15, -0.1) is 0 Å². The molecule has 0 aromatic rings. The molecule has 0 amide bonds. The van der Waals surface area contributed by atoms with Gasteiger partial charge in [0.25, 0.3) is 0 Å². The molecule has 0 aliphatic carbocycles. The van der Waals surface area contributed by atoms with Gasteiger partial charge in [-0.25, -0.2) is 0 Å². The molecule has 21 heteroatoms. The van der Waals surface area contributed by atoms with Crippen LogP contribution in [0.2, 0.25) is 0 Å². The zero-order valence-corrected chi connectivity index (χ0v) is 10.7. The van der Waals surface area contributed by atoms with E-state index in [-0.39, 0.29) is 50.6 Å². The van der Waals surface area contributed by atoms with Crippen LogP contribution in [0.4, 0.5) is 0 Å². The van der Waals surface area contributed by atoms with Gasteiger partial charge >= 0.3 is 34.1 Å². The van der Waals surface area contributed by atoms with Crippen LogP contribution in [0, 0.1) is 61.3 Å². The van der Waals surface area contributed by atoms with Crippen molar-refractivity contribution in [3.8, 4) is 0 Å². The van der Waals surface area contributed by atoms with E-state index in [1.807, 2.05) is 0 Å². The average molecular weight is 429 g/mol. The van der Waals surface area contributed by atoms with E-state index in [4.69, 9.17) is 61.3 Å². The summed E-state index contributed by atoms with van der Waals surface area (Å²) in [5.41, 5.74) is 0. The van der Waals surface area contributed by atoms with Crippen molar-refractivity contribution in [3.63, 3.8) is 0 Å². The summed E-state index contributed by atoms with van der Waals surface area (Å²) in [5, 5.41) is 59.0. The molecule has 0 saturated carbocycles.